The second-order valence-corrected chi connectivity index (χ2v) is 4.75. The number of nitrogens with two attached hydrogens (primary N) is 1. The van der Waals surface area contributed by atoms with Crippen LogP contribution in [0.3, 0.4) is 0 Å². The maximum Gasteiger partial charge on any atom is 0.139 e. The fourth-order valence-electron chi connectivity index (χ4n) is 1.78. The van der Waals surface area contributed by atoms with Crippen molar-refractivity contribution in [2.45, 2.75) is 19.8 Å². The van der Waals surface area contributed by atoms with Gasteiger partial charge in [-0.05, 0) is 24.1 Å². The maximum atomic E-state index is 5.95. The molecule has 2 rings (SSSR count). The lowest BCUT2D eigenvalue weighted by Crippen LogP contribution is -2.06. The Morgan fingerprint density at radius 3 is 2.72 bits per heavy atom. The molecule has 1 aromatic carbocycles. The first-order valence-electron chi connectivity index (χ1n) is 5.71. The molecule has 2 aromatic rings. The van der Waals surface area contributed by atoms with Crippen LogP contribution in [-0.4, -0.2) is 9.97 Å². The minimum atomic E-state index is 0.243. The minimum absolute atomic E-state index is 0.243. The normalized spacial score (nSPS) is 10.7. The summed E-state index contributed by atoms with van der Waals surface area (Å²) in [6, 6.07) is 7.47. The molecule has 1 aromatic heterocycles. The van der Waals surface area contributed by atoms with Gasteiger partial charge in [-0.25, -0.2) is 9.97 Å². The quantitative estimate of drug-likeness (QED) is 0.887. The van der Waals surface area contributed by atoms with Gasteiger partial charge in [0.2, 0.25) is 0 Å². The van der Waals surface area contributed by atoms with Gasteiger partial charge >= 0.3 is 0 Å². The van der Waals surface area contributed by atoms with Gasteiger partial charge in [0.05, 0.1) is 0 Å². The van der Waals surface area contributed by atoms with Gasteiger partial charge in [-0.1, -0.05) is 31.5 Å². The number of nitrogens with one attached hydrogen (secondary N) is 1. The standard InChI is InChI=1S/C13H15ClN4/c1-8(2)11-12(15)16-7-17-13(11)18-10-5-3-4-9(14)6-10/h3-8H,1-2H3,(H3,15,16,17,18). The zero-order valence-electron chi connectivity index (χ0n) is 10.3. The average molecular weight is 263 g/mol. The van der Waals surface area contributed by atoms with E-state index in [2.05, 4.69) is 29.1 Å². The summed E-state index contributed by atoms with van der Waals surface area (Å²) in [4.78, 5) is 8.26. The van der Waals surface area contributed by atoms with Gasteiger partial charge in [0, 0.05) is 16.3 Å². The lowest BCUT2D eigenvalue weighted by atomic mass is 10.0. The van der Waals surface area contributed by atoms with Crippen LogP contribution in [0.2, 0.25) is 5.02 Å². The molecular weight excluding hydrogens is 248 g/mol. The lowest BCUT2D eigenvalue weighted by Gasteiger charge is -2.14. The van der Waals surface area contributed by atoms with Crippen molar-refractivity contribution in [3.63, 3.8) is 0 Å². The molecule has 0 aliphatic heterocycles. The van der Waals surface area contributed by atoms with Crippen LogP contribution in [-0.2, 0) is 0 Å². The van der Waals surface area contributed by atoms with Gasteiger partial charge in [-0.3, -0.25) is 0 Å². The second kappa shape index (κ2) is 5.23. The Labute approximate surface area is 111 Å². The number of nitrogen functional groups attached to an aromatic ring is 1. The van der Waals surface area contributed by atoms with Gasteiger partial charge in [-0.2, -0.15) is 0 Å². The van der Waals surface area contributed by atoms with E-state index >= 15 is 0 Å². The van der Waals surface area contributed by atoms with E-state index in [4.69, 9.17) is 17.3 Å². The summed E-state index contributed by atoms with van der Waals surface area (Å²) in [5, 5.41) is 3.89. The third kappa shape index (κ3) is 2.71. The highest BCUT2D eigenvalue weighted by atomic mass is 35.5. The Hall–Kier alpha value is -1.81. The highest BCUT2D eigenvalue weighted by Gasteiger charge is 2.12. The smallest absolute Gasteiger partial charge is 0.139 e. The zero-order chi connectivity index (χ0) is 13.1. The van der Waals surface area contributed by atoms with Crippen LogP contribution in [0.25, 0.3) is 0 Å². The average Bonchev–Trinajstić information content (AvgIpc) is 2.28. The van der Waals surface area contributed by atoms with Crippen LogP contribution in [0.4, 0.5) is 17.3 Å². The molecule has 0 aliphatic carbocycles. The summed E-state index contributed by atoms with van der Waals surface area (Å²) in [6.07, 6.45) is 1.45. The number of hydrogen-bond donors (Lipinski definition) is 2. The molecule has 18 heavy (non-hydrogen) atoms. The van der Waals surface area contributed by atoms with Crippen molar-refractivity contribution < 1.29 is 0 Å². The van der Waals surface area contributed by atoms with Crippen molar-refractivity contribution >= 4 is 28.9 Å². The summed E-state index contributed by atoms with van der Waals surface area (Å²) in [5.74, 6) is 1.47. The Morgan fingerprint density at radius 1 is 1.28 bits per heavy atom. The molecule has 5 heteroatoms. The van der Waals surface area contributed by atoms with Crippen LogP contribution in [0.15, 0.2) is 30.6 Å². The highest BCUT2D eigenvalue weighted by molar-refractivity contribution is 6.30. The van der Waals surface area contributed by atoms with Crippen molar-refractivity contribution in [3.8, 4) is 0 Å². The van der Waals surface area contributed by atoms with Gasteiger partial charge in [0.1, 0.15) is 18.0 Å². The molecule has 0 saturated carbocycles. The number of benzene rings is 1. The fraction of sp³-hybridized carbons (Fsp3) is 0.231. The van der Waals surface area contributed by atoms with Gasteiger partial charge in [0.25, 0.3) is 0 Å². The number of rotatable bonds is 3. The molecule has 0 aliphatic rings. The number of anilines is 3. The predicted octanol–water partition coefficient (Wildman–Crippen LogP) is 3.58. The van der Waals surface area contributed by atoms with E-state index in [1.165, 1.54) is 6.33 Å². The molecular formula is C13H15ClN4. The third-order valence-corrected chi connectivity index (χ3v) is 2.81. The molecule has 1 heterocycles. The third-order valence-electron chi connectivity index (χ3n) is 2.58. The van der Waals surface area contributed by atoms with Crippen LogP contribution in [0.5, 0.6) is 0 Å². The maximum absolute atomic E-state index is 5.95. The molecule has 0 amide bonds. The summed E-state index contributed by atoms with van der Waals surface area (Å²) < 4.78 is 0. The van der Waals surface area contributed by atoms with E-state index < -0.39 is 0 Å². The van der Waals surface area contributed by atoms with Gasteiger partial charge in [0.15, 0.2) is 0 Å². The van der Waals surface area contributed by atoms with Gasteiger partial charge < -0.3 is 11.1 Å². The number of halogens is 1. The van der Waals surface area contributed by atoms with E-state index in [0.29, 0.717) is 10.8 Å². The fourth-order valence-corrected chi connectivity index (χ4v) is 1.97. The first-order chi connectivity index (χ1) is 8.58. The SMILES string of the molecule is CC(C)c1c(N)ncnc1Nc1cccc(Cl)c1. The second-order valence-electron chi connectivity index (χ2n) is 4.31. The largest absolute Gasteiger partial charge is 0.383 e. The lowest BCUT2D eigenvalue weighted by molar-refractivity contribution is 0.855. The molecule has 4 nitrogen and oxygen atoms in total. The molecule has 0 fully saturated rings. The number of hydrogen-bond acceptors (Lipinski definition) is 4. The summed E-state index contributed by atoms with van der Waals surface area (Å²) >= 11 is 5.95. The summed E-state index contributed by atoms with van der Waals surface area (Å²) in [6.45, 7) is 4.11. The van der Waals surface area contributed by atoms with E-state index in [1.54, 1.807) is 0 Å². The van der Waals surface area contributed by atoms with E-state index in [-0.39, 0.29) is 5.92 Å². The number of nitrogens with zero attached hydrogens (tertiary/aromatic N) is 2. The van der Waals surface area contributed by atoms with E-state index in [1.807, 2.05) is 24.3 Å². The monoisotopic (exact) mass is 262 g/mol. The van der Waals surface area contributed by atoms with Crippen LogP contribution < -0.4 is 11.1 Å². The van der Waals surface area contributed by atoms with Crippen molar-refractivity contribution in [1.82, 2.24) is 9.97 Å². The Bertz CT molecular complexity index is 554. The van der Waals surface area contributed by atoms with Crippen LogP contribution in [0, 0.1) is 0 Å². The molecule has 0 unspecified atom stereocenters. The highest BCUT2D eigenvalue weighted by Crippen LogP contribution is 2.29. The Morgan fingerprint density at radius 2 is 2.06 bits per heavy atom. The predicted molar refractivity (Wildman–Crippen MR) is 75.3 cm³/mol. The first-order valence-corrected chi connectivity index (χ1v) is 6.08. The van der Waals surface area contributed by atoms with Crippen LogP contribution >= 0.6 is 11.6 Å². The van der Waals surface area contributed by atoms with Crippen molar-refractivity contribution in [2.75, 3.05) is 11.1 Å². The minimum Gasteiger partial charge on any atom is -0.383 e. The molecule has 3 N–H and O–H groups in total. The Balaban J connectivity index is 2.37. The topological polar surface area (TPSA) is 63.8 Å². The molecule has 0 atom stereocenters. The van der Waals surface area contributed by atoms with E-state index in [0.717, 1.165) is 17.1 Å². The zero-order valence-corrected chi connectivity index (χ0v) is 11.1. The van der Waals surface area contributed by atoms with Crippen molar-refractivity contribution in [2.24, 2.45) is 0 Å². The summed E-state index contributed by atoms with van der Waals surface area (Å²) in [5.41, 5.74) is 7.68. The number of aromatic nitrogens is 2. The van der Waals surface area contributed by atoms with Crippen molar-refractivity contribution in [1.29, 1.82) is 0 Å². The molecule has 0 spiro atoms. The first kappa shape index (κ1) is 12.6. The van der Waals surface area contributed by atoms with Crippen LogP contribution in [0.1, 0.15) is 25.3 Å². The molecule has 0 bridgehead atoms. The van der Waals surface area contributed by atoms with Gasteiger partial charge in [-0.15, -0.1) is 0 Å². The summed E-state index contributed by atoms with van der Waals surface area (Å²) in [7, 11) is 0. The Kier molecular flexibility index (Phi) is 3.67. The van der Waals surface area contributed by atoms with Crippen molar-refractivity contribution in [3.05, 3.63) is 41.2 Å². The molecule has 0 radical (unpaired) electrons. The van der Waals surface area contributed by atoms with E-state index in [9.17, 15) is 0 Å². The molecule has 0 saturated heterocycles. The molecule has 94 valence electrons.